The predicted molar refractivity (Wildman–Crippen MR) is 50.9 cm³/mol. The van der Waals surface area contributed by atoms with Gasteiger partial charge in [0.25, 0.3) is 0 Å². The van der Waals surface area contributed by atoms with Crippen molar-refractivity contribution in [2.45, 2.75) is 36.8 Å². The topological polar surface area (TPSA) is 113 Å². The summed E-state index contributed by atoms with van der Waals surface area (Å²) >= 11 is 0. The minimum atomic E-state index is -1.09. The fraction of sp³-hybridized carbons (Fsp3) is 1.00. The first kappa shape index (κ1) is 10.7. The molecule has 15 heavy (non-hydrogen) atoms. The Bertz CT molecular complexity index is 294. The second kappa shape index (κ2) is 3.96. The quantitative estimate of drug-likeness (QED) is 0.290. The van der Waals surface area contributed by atoms with Gasteiger partial charge in [-0.15, -0.1) is 0 Å². The molecular formula is C8H14N4O3. The van der Waals surface area contributed by atoms with Gasteiger partial charge < -0.3 is 15.3 Å². The molecule has 0 saturated carbocycles. The number of aliphatic hydroxyl groups is 3. The lowest BCUT2D eigenvalue weighted by Gasteiger charge is -2.41. The predicted octanol–water partition coefficient (Wildman–Crippen LogP) is -1.16. The van der Waals surface area contributed by atoms with Crippen molar-refractivity contribution >= 4 is 0 Å². The summed E-state index contributed by atoms with van der Waals surface area (Å²) in [5.74, 6) is 0. The zero-order valence-corrected chi connectivity index (χ0v) is 8.14. The molecule has 0 bridgehead atoms. The Balaban J connectivity index is 2.17. The average Bonchev–Trinajstić information content (AvgIpc) is 2.56. The standard InChI is InChI=1S/C8H14N4O3/c9-11-10-4-3-12-2-1-5(13)6(12)8(15)7(4)14/h4-8,13-15H,1-3H2/t4-,5?,6?,7+,8+/m0/s1. The van der Waals surface area contributed by atoms with E-state index in [2.05, 4.69) is 10.0 Å². The van der Waals surface area contributed by atoms with Crippen molar-refractivity contribution in [3.8, 4) is 0 Å². The third-order valence-electron chi connectivity index (χ3n) is 3.24. The number of piperidine rings is 1. The molecule has 2 fully saturated rings. The molecule has 0 aromatic carbocycles. The SMILES string of the molecule is [N-]=[N+]=N[C@H]1CN2CCC(O)C2[C@@H](O)[C@@H]1O. The van der Waals surface area contributed by atoms with Crippen molar-refractivity contribution in [2.24, 2.45) is 5.11 Å². The molecule has 2 aliphatic rings. The van der Waals surface area contributed by atoms with Crippen LogP contribution in [0.2, 0.25) is 0 Å². The summed E-state index contributed by atoms with van der Waals surface area (Å²) < 4.78 is 0. The summed E-state index contributed by atoms with van der Waals surface area (Å²) in [6.45, 7) is 1.05. The van der Waals surface area contributed by atoms with Gasteiger partial charge in [-0.3, -0.25) is 4.90 Å². The van der Waals surface area contributed by atoms with E-state index in [0.717, 1.165) is 0 Å². The van der Waals surface area contributed by atoms with Crippen molar-refractivity contribution in [3.05, 3.63) is 10.4 Å². The van der Waals surface area contributed by atoms with Gasteiger partial charge in [0.1, 0.15) is 0 Å². The number of hydrogen-bond donors (Lipinski definition) is 3. The average molecular weight is 214 g/mol. The smallest absolute Gasteiger partial charge is 0.0983 e. The third-order valence-corrected chi connectivity index (χ3v) is 3.24. The first-order valence-corrected chi connectivity index (χ1v) is 4.97. The molecule has 0 aliphatic carbocycles. The van der Waals surface area contributed by atoms with Crippen molar-refractivity contribution < 1.29 is 15.3 Å². The van der Waals surface area contributed by atoms with E-state index in [1.54, 1.807) is 0 Å². The van der Waals surface area contributed by atoms with Gasteiger partial charge in [0.05, 0.1) is 30.4 Å². The summed E-state index contributed by atoms with van der Waals surface area (Å²) in [6, 6.07) is -1.06. The highest BCUT2D eigenvalue weighted by Crippen LogP contribution is 2.29. The lowest BCUT2D eigenvalue weighted by atomic mass is 9.92. The van der Waals surface area contributed by atoms with Crippen LogP contribution in [-0.2, 0) is 0 Å². The number of nitrogens with zero attached hydrogens (tertiary/aromatic N) is 4. The minimum Gasteiger partial charge on any atom is -0.391 e. The Morgan fingerprint density at radius 2 is 2.00 bits per heavy atom. The monoisotopic (exact) mass is 214 g/mol. The van der Waals surface area contributed by atoms with Gasteiger partial charge in [-0.2, -0.15) is 0 Å². The minimum absolute atomic E-state index is 0.393. The summed E-state index contributed by atoms with van der Waals surface area (Å²) in [7, 11) is 0. The fourth-order valence-electron chi connectivity index (χ4n) is 2.47. The van der Waals surface area contributed by atoms with Gasteiger partial charge in [0, 0.05) is 18.0 Å². The Hall–Kier alpha value is -0.850. The van der Waals surface area contributed by atoms with E-state index in [-0.39, 0.29) is 0 Å². The molecule has 0 aromatic heterocycles. The maximum Gasteiger partial charge on any atom is 0.0983 e. The van der Waals surface area contributed by atoms with Crippen molar-refractivity contribution in [3.63, 3.8) is 0 Å². The van der Waals surface area contributed by atoms with E-state index in [0.29, 0.717) is 19.5 Å². The molecule has 0 amide bonds. The van der Waals surface area contributed by atoms with E-state index in [1.165, 1.54) is 0 Å². The summed E-state index contributed by atoms with van der Waals surface area (Å²) in [5.41, 5.74) is 8.31. The van der Waals surface area contributed by atoms with E-state index < -0.39 is 30.4 Å². The van der Waals surface area contributed by atoms with E-state index in [9.17, 15) is 15.3 Å². The number of rotatable bonds is 1. The molecule has 2 saturated heterocycles. The van der Waals surface area contributed by atoms with Crippen LogP contribution in [-0.4, -0.2) is 63.7 Å². The molecule has 7 nitrogen and oxygen atoms in total. The van der Waals surface area contributed by atoms with Gasteiger partial charge >= 0.3 is 0 Å². The van der Waals surface area contributed by atoms with Crippen LogP contribution in [0.15, 0.2) is 5.11 Å². The molecule has 5 atom stereocenters. The molecule has 2 aliphatic heterocycles. The Morgan fingerprint density at radius 1 is 1.27 bits per heavy atom. The summed E-state index contributed by atoms with van der Waals surface area (Å²) in [6.07, 6.45) is -2.17. The van der Waals surface area contributed by atoms with Crippen LogP contribution in [0.25, 0.3) is 10.4 Å². The maximum atomic E-state index is 9.78. The van der Waals surface area contributed by atoms with Gasteiger partial charge in [-0.05, 0) is 12.0 Å². The lowest BCUT2D eigenvalue weighted by molar-refractivity contribution is -0.0949. The normalized spacial score (nSPS) is 45.9. The van der Waals surface area contributed by atoms with E-state index in [4.69, 9.17) is 5.53 Å². The first-order chi connectivity index (χ1) is 7.15. The molecule has 3 N–H and O–H groups in total. The number of hydrogen-bond acceptors (Lipinski definition) is 5. The first-order valence-electron chi connectivity index (χ1n) is 4.97. The molecule has 0 aromatic rings. The van der Waals surface area contributed by atoms with E-state index >= 15 is 0 Å². The zero-order valence-electron chi connectivity index (χ0n) is 8.14. The van der Waals surface area contributed by atoms with Crippen LogP contribution in [0.4, 0.5) is 0 Å². The Morgan fingerprint density at radius 3 is 2.67 bits per heavy atom. The van der Waals surface area contributed by atoms with Crippen molar-refractivity contribution in [1.29, 1.82) is 0 Å². The fourth-order valence-corrected chi connectivity index (χ4v) is 2.47. The highest BCUT2D eigenvalue weighted by atomic mass is 16.3. The molecule has 2 heterocycles. The van der Waals surface area contributed by atoms with Crippen LogP contribution in [0.5, 0.6) is 0 Å². The Labute approximate surface area is 86.6 Å². The molecule has 7 heteroatoms. The molecule has 0 spiro atoms. The maximum absolute atomic E-state index is 9.78. The highest BCUT2D eigenvalue weighted by Gasteiger charge is 2.47. The van der Waals surface area contributed by atoms with Gasteiger partial charge in [0.15, 0.2) is 0 Å². The van der Waals surface area contributed by atoms with Gasteiger partial charge in [0.2, 0.25) is 0 Å². The van der Waals surface area contributed by atoms with Crippen LogP contribution in [0.1, 0.15) is 6.42 Å². The summed E-state index contributed by atoms with van der Waals surface area (Å²) in [5, 5.41) is 32.5. The van der Waals surface area contributed by atoms with Gasteiger partial charge in [-0.25, -0.2) is 0 Å². The summed E-state index contributed by atoms with van der Waals surface area (Å²) in [4.78, 5) is 4.50. The molecule has 0 radical (unpaired) electrons. The number of fused-ring (bicyclic) bond motifs is 1. The highest BCUT2D eigenvalue weighted by molar-refractivity contribution is 5.03. The van der Waals surface area contributed by atoms with Crippen molar-refractivity contribution in [1.82, 2.24) is 4.90 Å². The van der Waals surface area contributed by atoms with Crippen LogP contribution < -0.4 is 0 Å². The lowest BCUT2D eigenvalue weighted by Crippen LogP contribution is -2.60. The molecule has 2 rings (SSSR count). The zero-order chi connectivity index (χ0) is 11.0. The van der Waals surface area contributed by atoms with Crippen LogP contribution >= 0.6 is 0 Å². The second-order valence-corrected chi connectivity index (χ2v) is 4.09. The molecule has 2 unspecified atom stereocenters. The van der Waals surface area contributed by atoms with Crippen LogP contribution in [0, 0.1) is 0 Å². The molecule has 84 valence electrons. The van der Waals surface area contributed by atoms with Gasteiger partial charge in [-0.1, -0.05) is 5.11 Å². The number of azide groups is 1. The molecular weight excluding hydrogens is 200 g/mol. The third kappa shape index (κ3) is 1.68. The van der Waals surface area contributed by atoms with E-state index in [1.807, 2.05) is 4.90 Å². The number of aliphatic hydroxyl groups excluding tert-OH is 3. The van der Waals surface area contributed by atoms with Crippen molar-refractivity contribution in [2.75, 3.05) is 13.1 Å². The largest absolute Gasteiger partial charge is 0.391 e. The second-order valence-electron chi connectivity index (χ2n) is 4.09. The van der Waals surface area contributed by atoms with Crippen LogP contribution in [0.3, 0.4) is 0 Å². The Kier molecular flexibility index (Phi) is 2.81.